The molecule has 1 aliphatic rings. The predicted octanol–water partition coefficient (Wildman–Crippen LogP) is 2.86. The molecule has 1 unspecified atom stereocenters. The van der Waals surface area contributed by atoms with Crippen LogP contribution in [0.15, 0.2) is 53.4 Å². The number of nitrogens with one attached hydrogen (secondary N) is 1. The smallest absolute Gasteiger partial charge is 0.269 e. The Morgan fingerprint density at radius 1 is 1.06 bits per heavy atom. The standard InChI is InChI=1S/C25H31N3O5S/c1-4-6-15-26-24(30)21(5-2)27(16-19-12-8-7-11-18(19)3)23(29)17-28-25(31)20-13-9-10-14-22(20)34(28,32)33/h7-14,21H,4-6,15-17H2,1-3H3,(H,26,30). The van der Waals surface area contributed by atoms with Crippen molar-refractivity contribution in [3.63, 3.8) is 0 Å². The van der Waals surface area contributed by atoms with Gasteiger partial charge in [-0.25, -0.2) is 12.7 Å². The second-order valence-electron chi connectivity index (χ2n) is 8.33. The molecular weight excluding hydrogens is 454 g/mol. The third-order valence-corrected chi connectivity index (χ3v) is 7.80. The molecule has 0 fully saturated rings. The van der Waals surface area contributed by atoms with E-state index in [9.17, 15) is 22.8 Å². The Bertz CT molecular complexity index is 1180. The zero-order valence-electron chi connectivity index (χ0n) is 19.8. The van der Waals surface area contributed by atoms with Crippen molar-refractivity contribution in [3.8, 4) is 0 Å². The van der Waals surface area contributed by atoms with E-state index in [-0.39, 0.29) is 22.9 Å². The number of rotatable bonds is 10. The first-order chi connectivity index (χ1) is 16.2. The van der Waals surface area contributed by atoms with Gasteiger partial charge in [-0.3, -0.25) is 14.4 Å². The summed E-state index contributed by atoms with van der Waals surface area (Å²) in [7, 11) is -4.14. The van der Waals surface area contributed by atoms with Crippen molar-refractivity contribution < 1.29 is 22.8 Å². The molecule has 0 aliphatic carbocycles. The van der Waals surface area contributed by atoms with Gasteiger partial charge < -0.3 is 10.2 Å². The summed E-state index contributed by atoms with van der Waals surface area (Å²) in [6.07, 6.45) is 2.07. The van der Waals surface area contributed by atoms with Gasteiger partial charge in [0.1, 0.15) is 17.5 Å². The van der Waals surface area contributed by atoms with E-state index < -0.39 is 34.4 Å². The molecule has 0 bridgehead atoms. The lowest BCUT2D eigenvalue weighted by molar-refractivity contribution is -0.141. The molecule has 0 saturated heterocycles. The topological polar surface area (TPSA) is 104 Å². The molecule has 0 radical (unpaired) electrons. The van der Waals surface area contributed by atoms with Crippen LogP contribution in [0.4, 0.5) is 0 Å². The number of unbranched alkanes of at least 4 members (excludes halogenated alkanes) is 1. The van der Waals surface area contributed by atoms with Gasteiger partial charge in [-0.2, -0.15) is 0 Å². The van der Waals surface area contributed by atoms with E-state index in [0.29, 0.717) is 17.3 Å². The Labute approximate surface area is 201 Å². The molecular formula is C25H31N3O5S. The van der Waals surface area contributed by atoms with Crippen molar-refractivity contribution >= 4 is 27.7 Å². The van der Waals surface area contributed by atoms with Crippen LogP contribution in [-0.2, 0) is 26.2 Å². The molecule has 3 rings (SSSR count). The van der Waals surface area contributed by atoms with Crippen molar-refractivity contribution in [1.82, 2.24) is 14.5 Å². The number of aryl methyl sites for hydroxylation is 1. The van der Waals surface area contributed by atoms with Crippen LogP contribution in [0.3, 0.4) is 0 Å². The van der Waals surface area contributed by atoms with Crippen LogP contribution in [0, 0.1) is 6.92 Å². The maximum Gasteiger partial charge on any atom is 0.269 e. The summed E-state index contributed by atoms with van der Waals surface area (Å²) in [5.74, 6) is -1.64. The maximum atomic E-state index is 13.5. The fourth-order valence-electron chi connectivity index (χ4n) is 4.00. The lowest BCUT2D eigenvalue weighted by Gasteiger charge is -2.32. The van der Waals surface area contributed by atoms with Crippen molar-refractivity contribution in [2.24, 2.45) is 0 Å². The molecule has 1 atom stereocenters. The summed E-state index contributed by atoms with van der Waals surface area (Å²) in [4.78, 5) is 40.6. The Kier molecular flexibility index (Phi) is 8.09. The molecule has 8 nitrogen and oxygen atoms in total. The van der Waals surface area contributed by atoms with Gasteiger partial charge in [0.25, 0.3) is 15.9 Å². The number of hydrogen-bond acceptors (Lipinski definition) is 5. The summed E-state index contributed by atoms with van der Waals surface area (Å²) in [6, 6.07) is 12.6. The molecule has 2 aromatic carbocycles. The molecule has 0 aromatic heterocycles. The minimum absolute atomic E-state index is 0.0464. The van der Waals surface area contributed by atoms with E-state index in [2.05, 4.69) is 5.32 Å². The van der Waals surface area contributed by atoms with E-state index in [1.165, 1.54) is 23.1 Å². The van der Waals surface area contributed by atoms with Crippen molar-refractivity contribution in [2.45, 2.75) is 57.5 Å². The Morgan fingerprint density at radius 2 is 1.74 bits per heavy atom. The number of sulfonamides is 1. The number of nitrogens with zero attached hydrogens (tertiary/aromatic N) is 2. The van der Waals surface area contributed by atoms with Gasteiger partial charge in [0.2, 0.25) is 11.8 Å². The lowest BCUT2D eigenvalue weighted by atomic mass is 10.1. The minimum atomic E-state index is -4.14. The quantitative estimate of drug-likeness (QED) is 0.521. The van der Waals surface area contributed by atoms with Gasteiger partial charge in [0.05, 0.1) is 5.56 Å². The van der Waals surface area contributed by atoms with E-state index >= 15 is 0 Å². The highest BCUT2D eigenvalue weighted by Crippen LogP contribution is 2.30. The molecule has 0 spiro atoms. The SMILES string of the molecule is CCCCNC(=O)C(CC)N(Cc1ccccc1C)C(=O)CN1C(=O)c2ccccc2S1(=O)=O. The molecule has 2 aromatic rings. The van der Waals surface area contributed by atoms with Crippen molar-refractivity contribution in [3.05, 3.63) is 65.2 Å². The van der Waals surface area contributed by atoms with Crippen LogP contribution in [0.5, 0.6) is 0 Å². The normalized spacial score (nSPS) is 15.0. The maximum absolute atomic E-state index is 13.5. The third-order valence-electron chi connectivity index (χ3n) is 6.01. The van der Waals surface area contributed by atoms with Gasteiger partial charge >= 0.3 is 0 Å². The molecule has 1 aliphatic heterocycles. The van der Waals surface area contributed by atoms with Crippen LogP contribution in [-0.4, -0.2) is 54.5 Å². The fourth-order valence-corrected chi connectivity index (χ4v) is 5.52. The van der Waals surface area contributed by atoms with Crippen molar-refractivity contribution in [2.75, 3.05) is 13.1 Å². The highest BCUT2D eigenvalue weighted by Gasteiger charge is 2.43. The number of amides is 3. The van der Waals surface area contributed by atoms with Gasteiger partial charge in [-0.1, -0.05) is 56.7 Å². The highest BCUT2D eigenvalue weighted by atomic mass is 32.2. The highest BCUT2D eigenvalue weighted by molar-refractivity contribution is 7.90. The van der Waals surface area contributed by atoms with Gasteiger partial charge in [0, 0.05) is 13.1 Å². The Morgan fingerprint density at radius 3 is 2.38 bits per heavy atom. The molecule has 34 heavy (non-hydrogen) atoms. The molecule has 1 heterocycles. The monoisotopic (exact) mass is 485 g/mol. The summed E-state index contributed by atoms with van der Waals surface area (Å²) in [6.45, 7) is 5.68. The van der Waals surface area contributed by atoms with E-state index in [0.717, 1.165) is 24.0 Å². The predicted molar refractivity (Wildman–Crippen MR) is 128 cm³/mol. The number of hydrogen-bond donors (Lipinski definition) is 1. The minimum Gasteiger partial charge on any atom is -0.354 e. The van der Waals surface area contributed by atoms with E-state index in [1.54, 1.807) is 13.0 Å². The zero-order chi connectivity index (χ0) is 24.9. The van der Waals surface area contributed by atoms with Crippen molar-refractivity contribution in [1.29, 1.82) is 0 Å². The third kappa shape index (κ3) is 5.14. The number of carbonyl (C=O) groups excluding carboxylic acids is 3. The second-order valence-corrected chi connectivity index (χ2v) is 10.2. The second kappa shape index (κ2) is 10.8. The fraction of sp³-hybridized carbons (Fsp3) is 0.400. The van der Waals surface area contributed by atoms with Crippen LogP contribution < -0.4 is 5.32 Å². The van der Waals surface area contributed by atoms with Gasteiger partial charge in [0.15, 0.2) is 0 Å². The van der Waals surface area contributed by atoms with Crippen LogP contribution in [0.1, 0.15) is 54.6 Å². The summed E-state index contributed by atoms with van der Waals surface area (Å²) < 4.78 is 26.5. The largest absolute Gasteiger partial charge is 0.354 e. The van der Waals surface area contributed by atoms with Gasteiger partial charge in [-0.15, -0.1) is 0 Å². The number of fused-ring (bicyclic) bond motifs is 1. The summed E-state index contributed by atoms with van der Waals surface area (Å²) in [5.41, 5.74) is 1.83. The molecule has 182 valence electrons. The lowest BCUT2D eigenvalue weighted by Crippen LogP contribution is -2.52. The average molecular weight is 486 g/mol. The van der Waals surface area contributed by atoms with Gasteiger partial charge in [-0.05, 0) is 43.0 Å². The average Bonchev–Trinajstić information content (AvgIpc) is 3.01. The molecule has 3 amide bonds. The molecule has 0 saturated carbocycles. The summed E-state index contributed by atoms with van der Waals surface area (Å²) in [5, 5.41) is 2.87. The zero-order valence-corrected chi connectivity index (χ0v) is 20.6. The van der Waals surface area contributed by atoms with E-state index in [1.807, 2.05) is 38.1 Å². The van der Waals surface area contributed by atoms with Crippen LogP contribution in [0.25, 0.3) is 0 Å². The Hall–Kier alpha value is -3.20. The first-order valence-corrected chi connectivity index (χ1v) is 12.9. The first-order valence-electron chi connectivity index (χ1n) is 11.5. The summed E-state index contributed by atoms with van der Waals surface area (Å²) >= 11 is 0. The molecule has 9 heteroatoms. The molecule has 1 N–H and O–H groups in total. The Balaban J connectivity index is 1.91. The number of carbonyl (C=O) groups is 3. The first kappa shape index (κ1) is 25.4. The van der Waals surface area contributed by atoms with Crippen LogP contribution >= 0.6 is 0 Å². The van der Waals surface area contributed by atoms with Crippen LogP contribution in [0.2, 0.25) is 0 Å². The number of benzene rings is 2. The van der Waals surface area contributed by atoms with E-state index in [4.69, 9.17) is 0 Å².